The summed E-state index contributed by atoms with van der Waals surface area (Å²) in [5.74, 6) is -0.242. The van der Waals surface area contributed by atoms with Gasteiger partial charge in [0, 0.05) is 13.6 Å². The normalized spacial score (nSPS) is 10.3. The van der Waals surface area contributed by atoms with Crippen molar-refractivity contribution in [3.05, 3.63) is 83.8 Å². The fraction of sp³-hybridized carbons (Fsp3) is 0.105. The molecular weight excluding hydrogens is 319 g/mol. The van der Waals surface area contributed by atoms with Gasteiger partial charge < -0.3 is 10.2 Å². The summed E-state index contributed by atoms with van der Waals surface area (Å²) < 4.78 is 13.6. The molecule has 25 heavy (non-hydrogen) atoms. The Hall–Kier alpha value is -3.28. The Labute approximate surface area is 145 Å². The van der Waals surface area contributed by atoms with Gasteiger partial charge in [0.15, 0.2) is 11.5 Å². The third-order valence-electron chi connectivity index (χ3n) is 3.63. The van der Waals surface area contributed by atoms with Gasteiger partial charge in [0.2, 0.25) is 0 Å². The Morgan fingerprint density at radius 1 is 1.00 bits per heavy atom. The molecule has 0 aliphatic heterocycles. The van der Waals surface area contributed by atoms with Crippen molar-refractivity contribution >= 4 is 17.4 Å². The minimum atomic E-state index is -0.382. The maximum Gasteiger partial charge on any atom is 0.274 e. The van der Waals surface area contributed by atoms with E-state index in [4.69, 9.17) is 0 Å². The highest BCUT2D eigenvalue weighted by Crippen LogP contribution is 2.17. The molecule has 126 valence electrons. The van der Waals surface area contributed by atoms with Gasteiger partial charge in [-0.25, -0.2) is 4.39 Å². The average molecular weight is 336 g/mol. The molecule has 0 saturated heterocycles. The molecule has 0 fully saturated rings. The number of nitrogens with one attached hydrogen (secondary N) is 1. The van der Waals surface area contributed by atoms with E-state index >= 15 is 0 Å². The lowest BCUT2D eigenvalue weighted by atomic mass is 10.2. The van der Waals surface area contributed by atoms with Crippen LogP contribution in [0.25, 0.3) is 0 Å². The van der Waals surface area contributed by atoms with Crippen LogP contribution < -0.4 is 5.32 Å². The second kappa shape index (κ2) is 7.53. The molecule has 1 heterocycles. The first-order valence-electron chi connectivity index (χ1n) is 7.78. The van der Waals surface area contributed by atoms with Gasteiger partial charge in [-0.3, -0.25) is 4.79 Å². The molecule has 1 N–H and O–H groups in total. The van der Waals surface area contributed by atoms with Gasteiger partial charge in [0.05, 0.1) is 5.69 Å². The Balaban J connectivity index is 1.67. The Kier molecular flexibility index (Phi) is 4.99. The van der Waals surface area contributed by atoms with Gasteiger partial charge in [0.1, 0.15) is 5.82 Å². The second-order valence-electron chi connectivity index (χ2n) is 5.56. The van der Waals surface area contributed by atoms with Crippen molar-refractivity contribution in [1.82, 2.24) is 15.1 Å². The van der Waals surface area contributed by atoms with E-state index in [1.54, 1.807) is 42.3 Å². The number of carbonyl (C=O) groups excluding carboxylic acids is 1. The molecule has 6 heteroatoms. The van der Waals surface area contributed by atoms with Crippen LogP contribution in [-0.2, 0) is 6.54 Å². The smallest absolute Gasteiger partial charge is 0.274 e. The number of hydrogen-bond acceptors (Lipinski definition) is 4. The van der Waals surface area contributed by atoms with Crippen molar-refractivity contribution in [3.63, 3.8) is 0 Å². The molecule has 5 nitrogen and oxygen atoms in total. The second-order valence-corrected chi connectivity index (χ2v) is 5.56. The van der Waals surface area contributed by atoms with Crippen LogP contribution >= 0.6 is 0 Å². The Morgan fingerprint density at radius 2 is 1.72 bits per heavy atom. The number of nitrogens with zero attached hydrogens (tertiary/aromatic N) is 3. The van der Waals surface area contributed by atoms with E-state index < -0.39 is 0 Å². The maximum absolute atomic E-state index is 13.6. The lowest BCUT2D eigenvalue weighted by Gasteiger charge is -2.16. The highest BCUT2D eigenvalue weighted by molar-refractivity contribution is 5.92. The minimum Gasteiger partial charge on any atom is -0.336 e. The number of amides is 1. The molecule has 0 aliphatic rings. The lowest BCUT2D eigenvalue weighted by Crippen LogP contribution is -2.27. The van der Waals surface area contributed by atoms with Crippen molar-refractivity contribution in [3.8, 4) is 0 Å². The van der Waals surface area contributed by atoms with Crippen LogP contribution in [0.4, 0.5) is 15.9 Å². The van der Waals surface area contributed by atoms with Crippen molar-refractivity contribution < 1.29 is 9.18 Å². The highest BCUT2D eigenvalue weighted by Gasteiger charge is 2.14. The SMILES string of the molecule is CN(Cc1ccccc1)C(=O)c1ccc(Nc2ccccc2F)nn1. The van der Waals surface area contributed by atoms with Gasteiger partial charge in [-0.1, -0.05) is 42.5 Å². The highest BCUT2D eigenvalue weighted by atomic mass is 19.1. The predicted octanol–water partition coefficient (Wildman–Crippen LogP) is 3.63. The molecule has 0 saturated carbocycles. The number of anilines is 2. The fourth-order valence-electron chi connectivity index (χ4n) is 2.34. The van der Waals surface area contributed by atoms with Gasteiger partial charge in [-0.15, -0.1) is 10.2 Å². The molecule has 3 aromatic rings. The van der Waals surface area contributed by atoms with Crippen LogP contribution in [0, 0.1) is 5.82 Å². The van der Waals surface area contributed by atoms with E-state index in [-0.39, 0.29) is 17.4 Å². The number of rotatable bonds is 5. The zero-order valence-electron chi connectivity index (χ0n) is 13.7. The van der Waals surface area contributed by atoms with E-state index in [2.05, 4.69) is 15.5 Å². The number of halogens is 1. The minimum absolute atomic E-state index is 0.228. The summed E-state index contributed by atoms with van der Waals surface area (Å²) in [5.41, 5.74) is 1.57. The van der Waals surface area contributed by atoms with Crippen molar-refractivity contribution in [2.24, 2.45) is 0 Å². The maximum atomic E-state index is 13.6. The summed E-state index contributed by atoms with van der Waals surface area (Å²) in [5, 5.41) is 10.7. The van der Waals surface area contributed by atoms with Crippen LogP contribution in [0.3, 0.4) is 0 Å². The summed E-state index contributed by atoms with van der Waals surface area (Å²) in [7, 11) is 1.71. The van der Waals surface area contributed by atoms with Crippen LogP contribution in [0.15, 0.2) is 66.7 Å². The zero-order chi connectivity index (χ0) is 17.6. The molecule has 0 unspecified atom stereocenters. The fourth-order valence-corrected chi connectivity index (χ4v) is 2.34. The predicted molar refractivity (Wildman–Crippen MR) is 94.0 cm³/mol. The number of carbonyl (C=O) groups is 1. The van der Waals surface area contributed by atoms with Crippen molar-refractivity contribution in [2.45, 2.75) is 6.54 Å². The largest absolute Gasteiger partial charge is 0.336 e. The first kappa shape index (κ1) is 16.6. The quantitative estimate of drug-likeness (QED) is 0.773. The van der Waals surface area contributed by atoms with Gasteiger partial charge in [-0.2, -0.15) is 0 Å². The molecule has 1 aromatic heterocycles. The molecule has 0 aliphatic carbocycles. The van der Waals surface area contributed by atoms with Crippen LogP contribution in [0.1, 0.15) is 16.1 Å². The molecule has 3 rings (SSSR count). The summed E-state index contributed by atoms with van der Waals surface area (Å²) in [6, 6.07) is 19.1. The Bertz CT molecular complexity index is 853. The van der Waals surface area contributed by atoms with Crippen molar-refractivity contribution in [2.75, 3.05) is 12.4 Å². The monoisotopic (exact) mass is 336 g/mol. The molecule has 0 atom stereocenters. The van der Waals surface area contributed by atoms with Crippen LogP contribution in [-0.4, -0.2) is 28.1 Å². The lowest BCUT2D eigenvalue weighted by molar-refractivity contribution is 0.0778. The average Bonchev–Trinajstić information content (AvgIpc) is 2.64. The number of aromatic nitrogens is 2. The zero-order valence-corrected chi connectivity index (χ0v) is 13.7. The van der Waals surface area contributed by atoms with E-state index in [0.29, 0.717) is 18.1 Å². The third kappa shape index (κ3) is 4.17. The number of hydrogen-bond donors (Lipinski definition) is 1. The third-order valence-corrected chi connectivity index (χ3v) is 3.63. The van der Waals surface area contributed by atoms with E-state index in [0.717, 1.165) is 5.56 Å². The van der Waals surface area contributed by atoms with E-state index in [1.165, 1.54) is 6.07 Å². The van der Waals surface area contributed by atoms with Gasteiger partial charge in [-0.05, 0) is 29.8 Å². The van der Waals surface area contributed by atoms with E-state index in [1.807, 2.05) is 30.3 Å². The number of para-hydroxylation sites is 1. The molecule has 0 radical (unpaired) electrons. The van der Waals surface area contributed by atoms with Gasteiger partial charge in [0.25, 0.3) is 5.91 Å². The summed E-state index contributed by atoms with van der Waals surface area (Å²) in [4.78, 5) is 14.0. The molecule has 2 aromatic carbocycles. The van der Waals surface area contributed by atoms with Gasteiger partial charge >= 0.3 is 0 Å². The number of benzene rings is 2. The first-order chi connectivity index (χ1) is 12.1. The molecule has 1 amide bonds. The molecule has 0 bridgehead atoms. The summed E-state index contributed by atoms with van der Waals surface area (Å²) in [6.07, 6.45) is 0. The van der Waals surface area contributed by atoms with E-state index in [9.17, 15) is 9.18 Å². The standard InChI is InChI=1S/C19H17FN4O/c1-24(13-14-7-3-2-4-8-14)19(25)17-11-12-18(23-22-17)21-16-10-6-5-9-15(16)20/h2-12H,13H2,1H3,(H,21,23). The first-order valence-corrected chi connectivity index (χ1v) is 7.78. The Morgan fingerprint density at radius 3 is 2.40 bits per heavy atom. The van der Waals surface area contributed by atoms with Crippen LogP contribution in [0.2, 0.25) is 0 Å². The topological polar surface area (TPSA) is 58.1 Å². The summed E-state index contributed by atoms with van der Waals surface area (Å²) in [6.45, 7) is 0.483. The molecular formula is C19H17FN4O. The summed E-state index contributed by atoms with van der Waals surface area (Å²) >= 11 is 0. The van der Waals surface area contributed by atoms with Crippen LogP contribution in [0.5, 0.6) is 0 Å². The van der Waals surface area contributed by atoms with Crippen molar-refractivity contribution in [1.29, 1.82) is 0 Å². The molecule has 0 spiro atoms.